The molecule has 0 fully saturated rings. The SMILES string of the molecule is COc1ccc(CNC(=O)Cn2nnc(-c3ccc(C(N)=O)cc3)n2)cc1OC. The molecule has 0 unspecified atom stereocenters. The third-order valence-electron chi connectivity index (χ3n) is 4.10. The Labute approximate surface area is 166 Å². The molecule has 1 aromatic heterocycles. The van der Waals surface area contributed by atoms with Gasteiger partial charge in [-0.25, -0.2) is 0 Å². The van der Waals surface area contributed by atoms with E-state index in [1.54, 1.807) is 50.6 Å². The average Bonchev–Trinajstić information content (AvgIpc) is 3.20. The standard InChI is InChI=1S/C19H20N6O4/c1-28-15-8-3-12(9-16(15)29-2)10-21-17(26)11-25-23-19(22-24-25)14-6-4-13(5-7-14)18(20)27/h3-9H,10-11H2,1-2H3,(H2,20,27)(H,21,26). The largest absolute Gasteiger partial charge is 0.493 e. The molecule has 29 heavy (non-hydrogen) atoms. The zero-order valence-electron chi connectivity index (χ0n) is 16.0. The van der Waals surface area contributed by atoms with Crippen molar-refractivity contribution < 1.29 is 19.1 Å². The number of benzene rings is 2. The molecule has 3 rings (SSSR count). The first-order valence-corrected chi connectivity index (χ1v) is 8.66. The van der Waals surface area contributed by atoms with E-state index in [0.29, 0.717) is 35.0 Å². The Morgan fingerprint density at radius 2 is 1.79 bits per heavy atom. The second kappa shape index (κ2) is 8.83. The minimum Gasteiger partial charge on any atom is -0.493 e. The molecule has 0 radical (unpaired) electrons. The summed E-state index contributed by atoms with van der Waals surface area (Å²) < 4.78 is 10.4. The number of nitrogens with zero attached hydrogens (tertiary/aromatic N) is 4. The molecule has 0 aliphatic carbocycles. The highest BCUT2D eigenvalue weighted by Crippen LogP contribution is 2.27. The van der Waals surface area contributed by atoms with Crippen LogP contribution in [0.4, 0.5) is 0 Å². The number of carbonyl (C=O) groups is 2. The van der Waals surface area contributed by atoms with E-state index < -0.39 is 5.91 Å². The summed E-state index contributed by atoms with van der Waals surface area (Å²) in [7, 11) is 3.11. The predicted octanol–water partition coefficient (Wildman–Crippen LogP) is 0.773. The molecule has 0 aliphatic heterocycles. The summed E-state index contributed by atoms with van der Waals surface area (Å²) in [6, 6.07) is 11.9. The smallest absolute Gasteiger partial charge is 0.248 e. The fourth-order valence-corrected chi connectivity index (χ4v) is 2.58. The molecule has 0 saturated heterocycles. The van der Waals surface area contributed by atoms with Crippen LogP contribution in [0.1, 0.15) is 15.9 Å². The number of methoxy groups -OCH3 is 2. The molecule has 1 heterocycles. The van der Waals surface area contributed by atoms with Crippen molar-refractivity contribution in [2.24, 2.45) is 5.73 Å². The summed E-state index contributed by atoms with van der Waals surface area (Å²) >= 11 is 0. The van der Waals surface area contributed by atoms with Crippen LogP contribution >= 0.6 is 0 Å². The fraction of sp³-hybridized carbons (Fsp3) is 0.211. The normalized spacial score (nSPS) is 10.4. The number of amides is 2. The quantitative estimate of drug-likeness (QED) is 0.574. The van der Waals surface area contributed by atoms with Gasteiger partial charge in [-0.15, -0.1) is 10.2 Å². The van der Waals surface area contributed by atoms with E-state index in [4.69, 9.17) is 15.2 Å². The molecule has 0 bridgehead atoms. The van der Waals surface area contributed by atoms with Crippen LogP contribution in [-0.2, 0) is 17.9 Å². The lowest BCUT2D eigenvalue weighted by molar-refractivity contribution is -0.122. The van der Waals surface area contributed by atoms with Crippen molar-refractivity contribution in [1.29, 1.82) is 0 Å². The van der Waals surface area contributed by atoms with Gasteiger partial charge in [0.05, 0.1) is 14.2 Å². The van der Waals surface area contributed by atoms with E-state index in [0.717, 1.165) is 5.56 Å². The number of ether oxygens (including phenoxy) is 2. The lowest BCUT2D eigenvalue weighted by Crippen LogP contribution is -2.28. The maximum absolute atomic E-state index is 12.2. The number of carbonyl (C=O) groups excluding carboxylic acids is 2. The first-order chi connectivity index (χ1) is 14.0. The Morgan fingerprint density at radius 1 is 1.07 bits per heavy atom. The van der Waals surface area contributed by atoms with E-state index in [-0.39, 0.29) is 12.5 Å². The van der Waals surface area contributed by atoms with Crippen molar-refractivity contribution in [2.45, 2.75) is 13.1 Å². The third kappa shape index (κ3) is 4.86. The highest BCUT2D eigenvalue weighted by molar-refractivity contribution is 5.93. The van der Waals surface area contributed by atoms with Gasteiger partial charge in [-0.05, 0) is 35.0 Å². The van der Waals surface area contributed by atoms with Crippen LogP contribution in [0.25, 0.3) is 11.4 Å². The average molecular weight is 396 g/mol. The van der Waals surface area contributed by atoms with Crippen molar-refractivity contribution >= 4 is 11.8 Å². The summed E-state index contributed by atoms with van der Waals surface area (Å²) in [6.45, 7) is 0.231. The lowest BCUT2D eigenvalue weighted by atomic mass is 10.1. The van der Waals surface area contributed by atoms with Crippen LogP contribution in [-0.4, -0.2) is 46.2 Å². The number of nitrogens with one attached hydrogen (secondary N) is 1. The molecular weight excluding hydrogens is 376 g/mol. The lowest BCUT2D eigenvalue weighted by Gasteiger charge is -2.10. The van der Waals surface area contributed by atoms with Crippen LogP contribution < -0.4 is 20.5 Å². The first kappa shape index (κ1) is 19.8. The number of tetrazole rings is 1. The zero-order valence-corrected chi connectivity index (χ0v) is 16.0. The van der Waals surface area contributed by atoms with Crippen molar-refractivity contribution in [1.82, 2.24) is 25.5 Å². The van der Waals surface area contributed by atoms with E-state index in [1.165, 1.54) is 4.80 Å². The van der Waals surface area contributed by atoms with E-state index >= 15 is 0 Å². The van der Waals surface area contributed by atoms with Crippen LogP contribution in [0.15, 0.2) is 42.5 Å². The molecular formula is C19H20N6O4. The molecule has 3 aromatic rings. The van der Waals surface area contributed by atoms with E-state index in [2.05, 4.69) is 20.7 Å². The van der Waals surface area contributed by atoms with E-state index in [9.17, 15) is 9.59 Å². The van der Waals surface area contributed by atoms with Gasteiger partial charge < -0.3 is 20.5 Å². The Bertz CT molecular complexity index is 1020. The summed E-state index contributed by atoms with van der Waals surface area (Å²) in [6.07, 6.45) is 0. The van der Waals surface area contributed by atoms with Crippen molar-refractivity contribution in [3.05, 3.63) is 53.6 Å². The topological polar surface area (TPSA) is 134 Å². The molecule has 0 aliphatic rings. The molecule has 0 atom stereocenters. The Balaban J connectivity index is 1.58. The number of aromatic nitrogens is 4. The highest BCUT2D eigenvalue weighted by Gasteiger charge is 2.11. The first-order valence-electron chi connectivity index (χ1n) is 8.66. The number of hydrogen-bond acceptors (Lipinski definition) is 7. The monoisotopic (exact) mass is 396 g/mol. The van der Waals surface area contributed by atoms with E-state index in [1.807, 2.05) is 6.07 Å². The number of primary amides is 1. The van der Waals surface area contributed by atoms with Crippen molar-refractivity contribution in [2.75, 3.05) is 14.2 Å². The van der Waals surface area contributed by atoms with Gasteiger partial charge in [0.25, 0.3) is 0 Å². The Hall–Kier alpha value is -3.95. The molecule has 2 amide bonds. The van der Waals surface area contributed by atoms with Crippen molar-refractivity contribution in [3.8, 4) is 22.9 Å². The zero-order chi connectivity index (χ0) is 20.8. The number of nitrogens with two attached hydrogens (primary N) is 1. The molecule has 3 N–H and O–H groups in total. The van der Waals surface area contributed by atoms with Crippen LogP contribution in [0.2, 0.25) is 0 Å². The molecule has 2 aromatic carbocycles. The minimum atomic E-state index is -0.515. The van der Waals surface area contributed by atoms with Crippen LogP contribution in [0, 0.1) is 0 Å². The van der Waals surface area contributed by atoms with Crippen LogP contribution in [0.5, 0.6) is 11.5 Å². The second-order valence-corrected chi connectivity index (χ2v) is 6.05. The van der Waals surface area contributed by atoms with Crippen LogP contribution in [0.3, 0.4) is 0 Å². The highest BCUT2D eigenvalue weighted by atomic mass is 16.5. The van der Waals surface area contributed by atoms with Gasteiger partial charge in [0.1, 0.15) is 6.54 Å². The molecule has 10 heteroatoms. The fourth-order valence-electron chi connectivity index (χ4n) is 2.58. The third-order valence-corrected chi connectivity index (χ3v) is 4.10. The Morgan fingerprint density at radius 3 is 2.45 bits per heavy atom. The van der Waals surface area contributed by atoms with Gasteiger partial charge in [-0.3, -0.25) is 9.59 Å². The Kier molecular flexibility index (Phi) is 6.03. The molecule has 0 saturated carbocycles. The predicted molar refractivity (Wildman–Crippen MR) is 103 cm³/mol. The van der Waals surface area contributed by atoms with Gasteiger partial charge in [0, 0.05) is 17.7 Å². The number of rotatable bonds is 8. The maximum Gasteiger partial charge on any atom is 0.248 e. The summed E-state index contributed by atoms with van der Waals surface area (Å²) in [5, 5.41) is 14.8. The van der Waals surface area contributed by atoms with Crippen molar-refractivity contribution in [3.63, 3.8) is 0 Å². The maximum atomic E-state index is 12.2. The van der Waals surface area contributed by atoms with Gasteiger partial charge in [-0.2, -0.15) is 4.80 Å². The van der Waals surface area contributed by atoms with Gasteiger partial charge in [0.2, 0.25) is 17.6 Å². The number of hydrogen-bond donors (Lipinski definition) is 2. The minimum absolute atomic E-state index is 0.0837. The van der Waals surface area contributed by atoms with Gasteiger partial charge >= 0.3 is 0 Å². The molecule has 10 nitrogen and oxygen atoms in total. The summed E-state index contributed by atoms with van der Waals surface area (Å²) in [5.41, 5.74) is 7.12. The van der Waals surface area contributed by atoms with Gasteiger partial charge in [-0.1, -0.05) is 18.2 Å². The summed E-state index contributed by atoms with van der Waals surface area (Å²) in [4.78, 5) is 24.5. The summed E-state index contributed by atoms with van der Waals surface area (Å²) in [5.74, 6) is 0.760. The molecule has 150 valence electrons. The second-order valence-electron chi connectivity index (χ2n) is 6.05. The van der Waals surface area contributed by atoms with Gasteiger partial charge in [0.15, 0.2) is 11.5 Å². The molecule has 0 spiro atoms.